The summed E-state index contributed by atoms with van der Waals surface area (Å²) in [7, 11) is 1.54. The molecule has 0 fully saturated rings. The Balaban J connectivity index is 2.94. The molecule has 1 N–H and O–H groups in total. The molecule has 23 heavy (non-hydrogen) atoms. The summed E-state index contributed by atoms with van der Waals surface area (Å²) in [5, 5.41) is 4.67. The molecule has 0 aliphatic rings. The molecular weight excluding hydrogens is 310 g/mol. The minimum Gasteiger partial charge on any atom is -0.495 e. The Labute approximate surface area is 141 Å². The van der Waals surface area contributed by atoms with Crippen LogP contribution < -0.4 is 5.32 Å². The van der Waals surface area contributed by atoms with Gasteiger partial charge in [-0.15, -0.1) is 17.1 Å². The van der Waals surface area contributed by atoms with Gasteiger partial charge in [-0.2, -0.15) is 0 Å². The van der Waals surface area contributed by atoms with Gasteiger partial charge in [0.15, 0.2) is 5.78 Å². The average Bonchev–Trinajstić information content (AvgIpc) is 3.01. The van der Waals surface area contributed by atoms with E-state index in [9.17, 15) is 9.59 Å². The van der Waals surface area contributed by atoms with E-state index in [1.54, 1.807) is 13.2 Å². The van der Waals surface area contributed by atoms with Crippen LogP contribution in [0.2, 0.25) is 0 Å². The molecule has 0 saturated carbocycles. The number of ketones is 1. The summed E-state index contributed by atoms with van der Waals surface area (Å²) in [5.41, 5.74) is 2.86. The molecule has 0 bridgehead atoms. The largest absolute Gasteiger partial charge is 0.495 e. The highest BCUT2D eigenvalue weighted by Gasteiger charge is 2.20. The van der Waals surface area contributed by atoms with E-state index in [1.807, 2.05) is 31.4 Å². The van der Waals surface area contributed by atoms with Gasteiger partial charge in [0.1, 0.15) is 5.76 Å². The molecule has 0 saturated heterocycles. The van der Waals surface area contributed by atoms with Crippen molar-refractivity contribution in [2.45, 2.75) is 33.2 Å². The molecule has 124 valence electrons. The number of rotatable bonds is 8. The van der Waals surface area contributed by atoms with E-state index in [1.165, 1.54) is 18.3 Å². The Morgan fingerprint density at radius 1 is 1.48 bits per heavy atom. The molecule has 1 heterocycles. The summed E-state index contributed by atoms with van der Waals surface area (Å²) in [6.45, 7) is 9.05. The molecular formula is C18H23NO3S. The van der Waals surface area contributed by atoms with Gasteiger partial charge < -0.3 is 10.1 Å². The van der Waals surface area contributed by atoms with E-state index >= 15 is 0 Å². The first-order chi connectivity index (χ1) is 10.9. The summed E-state index contributed by atoms with van der Waals surface area (Å²) in [5.74, 6) is 0.415. The van der Waals surface area contributed by atoms with Crippen molar-refractivity contribution in [2.24, 2.45) is 5.92 Å². The highest BCUT2D eigenvalue weighted by atomic mass is 32.1. The molecule has 1 rings (SSSR count). The number of thiophene rings is 1. The Morgan fingerprint density at radius 3 is 2.61 bits per heavy atom. The van der Waals surface area contributed by atoms with Crippen LogP contribution in [-0.2, 0) is 14.3 Å². The van der Waals surface area contributed by atoms with Gasteiger partial charge in [-0.3, -0.25) is 9.59 Å². The summed E-state index contributed by atoms with van der Waals surface area (Å²) >= 11 is 1.51. The van der Waals surface area contributed by atoms with E-state index in [-0.39, 0.29) is 17.3 Å². The first-order valence-corrected chi connectivity index (χ1v) is 8.27. The Morgan fingerprint density at radius 2 is 2.17 bits per heavy atom. The van der Waals surface area contributed by atoms with Crippen LogP contribution in [0.4, 0.5) is 0 Å². The first kappa shape index (κ1) is 18.9. The van der Waals surface area contributed by atoms with Gasteiger partial charge in [0.2, 0.25) is 0 Å². The van der Waals surface area contributed by atoms with Crippen molar-refractivity contribution in [3.8, 4) is 0 Å². The number of ether oxygens (including phenoxy) is 1. The predicted octanol–water partition coefficient (Wildman–Crippen LogP) is 3.57. The molecule has 0 aliphatic carbocycles. The molecule has 0 radical (unpaired) electrons. The van der Waals surface area contributed by atoms with Gasteiger partial charge in [-0.05, 0) is 30.7 Å². The van der Waals surface area contributed by atoms with E-state index in [4.69, 9.17) is 4.74 Å². The smallest absolute Gasteiger partial charge is 0.259 e. The third-order valence-corrected chi connectivity index (χ3v) is 4.08. The van der Waals surface area contributed by atoms with Gasteiger partial charge in [0, 0.05) is 6.08 Å². The normalized spacial score (nSPS) is 12.5. The maximum atomic E-state index is 12.4. The Kier molecular flexibility index (Phi) is 7.52. The lowest BCUT2D eigenvalue weighted by Gasteiger charge is -2.18. The van der Waals surface area contributed by atoms with Gasteiger partial charge in [0.05, 0.1) is 23.6 Å². The lowest BCUT2D eigenvalue weighted by Crippen LogP contribution is -2.41. The molecule has 0 unspecified atom stereocenters. The topological polar surface area (TPSA) is 55.4 Å². The fourth-order valence-corrected chi connectivity index (χ4v) is 2.73. The van der Waals surface area contributed by atoms with Crippen LogP contribution in [0, 0.1) is 5.92 Å². The van der Waals surface area contributed by atoms with Gasteiger partial charge >= 0.3 is 0 Å². The minimum absolute atomic E-state index is 0.0651. The van der Waals surface area contributed by atoms with Gasteiger partial charge in [-0.25, -0.2) is 0 Å². The number of carbonyl (C=O) groups excluding carboxylic acids is 2. The molecule has 0 spiro atoms. The van der Waals surface area contributed by atoms with Crippen molar-refractivity contribution in [2.75, 3.05) is 7.11 Å². The maximum Gasteiger partial charge on any atom is 0.259 e. The number of methoxy groups -OCH3 is 1. The summed E-state index contributed by atoms with van der Waals surface area (Å²) < 4.78 is 5.33. The zero-order valence-electron chi connectivity index (χ0n) is 14.0. The molecule has 5 heteroatoms. The SMILES string of the molecule is C=C=C(/C=C(\OC)c1cccs1)C(=O)N[C@H](CC(C)C)C(C)=O. The highest BCUT2D eigenvalue weighted by Crippen LogP contribution is 2.22. The summed E-state index contributed by atoms with van der Waals surface area (Å²) in [6, 6.07) is 3.29. The summed E-state index contributed by atoms with van der Waals surface area (Å²) in [6.07, 6.45) is 2.18. The second kappa shape index (κ2) is 9.13. The van der Waals surface area contributed by atoms with E-state index in [2.05, 4.69) is 17.6 Å². The van der Waals surface area contributed by atoms with Crippen molar-refractivity contribution in [1.82, 2.24) is 5.32 Å². The third-order valence-electron chi connectivity index (χ3n) is 3.20. The first-order valence-electron chi connectivity index (χ1n) is 7.40. The predicted molar refractivity (Wildman–Crippen MR) is 94.0 cm³/mol. The maximum absolute atomic E-state index is 12.4. The van der Waals surface area contributed by atoms with Gasteiger partial charge in [-0.1, -0.05) is 26.5 Å². The second-order valence-corrected chi connectivity index (χ2v) is 6.49. The molecule has 1 amide bonds. The number of amides is 1. The quantitative estimate of drug-likeness (QED) is 0.342. The number of hydrogen-bond donors (Lipinski definition) is 1. The van der Waals surface area contributed by atoms with Crippen molar-refractivity contribution >= 4 is 28.8 Å². The van der Waals surface area contributed by atoms with Crippen LogP contribution in [0.1, 0.15) is 32.1 Å². The fourth-order valence-electron chi connectivity index (χ4n) is 2.01. The Bertz CT molecular complexity index is 623. The van der Waals surface area contributed by atoms with Crippen LogP contribution in [0.5, 0.6) is 0 Å². The average molecular weight is 333 g/mol. The van der Waals surface area contributed by atoms with Crippen LogP contribution in [0.25, 0.3) is 5.76 Å². The van der Waals surface area contributed by atoms with Crippen LogP contribution in [0.3, 0.4) is 0 Å². The van der Waals surface area contributed by atoms with Crippen molar-refractivity contribution in [3.05, 3.63) is 46.3 Å². The molecule has 0 aromatic carbocycles. The molecule has 0 aliphatic heterocycles. The van der Waals surface area contributed by atoms with E-state index in [0.717, 1.165) is 4.88 Å². The minimum atomic E-state index is -0.507. The summed E-state index contributed by atoms with van der Waals surface area (Å²) in [4.78, 5) is 25.0. The number of carbonyl (C=O) groups is 2. The fraction of sp³-hybridized carbons (Fsp3) is 0.389. The van der Waals surface area contributed by atoms with Crippen molar-refractivity contribution < 1.29 is 14.3 Å². The lowest BCUT2D eigenvalue weighted by molar-refractivity contribution is -0.125. The molecule has 4 nitrogen and oxygen atoms in total. The lowest BCUT2D eigenvalue weighted by atomic mass is 10.0. The monoisotopic (exact) mass is 333 g/mol. The molecule has 1 aromatic rings. The highest BCUT2D eigenvalue weighted by molar-refractivity contribution is 7.11. The van der Waals surface area contributed by atoms with Crippen LogP contribution in [-0.4, -0.2) is 24.8 Å². The van der Waals surface area contributed by atoms with Crippen LogP contribution >= 0.6 is 11.3 Å². The van der Waals surface area contributed by atoms with E-state index in [0.29, 0.717) is 18.1 Å². The van der Waals surface area contributed by atoms with Crippen LogP contribution in [0.15, 0.2) is 41.5 Å². The number of nitrogens with one attached hydrogen (secondary N) is 1. The van der Waals surface area contributed by atoms with Crippen molar-refractivity contribution in [1.29, 1.82) is 0 Å². The third kappa shape index (κ3) is 5.89. The second-order valence-electron chi connectivity index (χ2n) is 5.55. The molecule has 1 atom stereocenters. The zero-order valence-corrected chi connectivity index (χ0v) is 14.8. The molecule has 1 aromatic heterocycles. The number of Topliss-reactive ketones (excluding diaryl/α,β-unsaturated/α-hetero) is 1. The van der Waals surface area contributed by atoms with Crippen molar-refractivity contribution in [3.63, 3.8) is 0 Å². The van der Waals surface area contributed by atoms with Gasteiger partial charge in [0.25, 0.3) is 5.91 Å². The zero-order chi connectivity index (χ0) is 17.4. The van der Waals surface area contributed by atoms with E-state index < -0.39 is 6.04 Å². The standard InChI is InChI=1S/C18H23NO3S/c1-6-14(11-16(22-5)17-8-7-9-23-17)18(21)19-15(13(4)20)10-12(2)3/h7-9,11-12,15H,1,10H2,2-5H3,(H,19,21)/b16-11-/t15-/m1/s1. The number of hydrogen-bond acceptors (Lipinski definition) is 4. The Hall–Kier alpha value is -2.10.